The molecule has 0 spiro atoms. The van der Waals surface area contributed by atoms with E-state index in [0.717, 1.165) is 41.7 Å². The Morgan fingerprint density at radius 3 is 2.52 bits per heavy atom. The molecule has 0 atom stereocenters. The molecule has 4 rings (SSSR count). The van der Waals surface area contributed by atoms with Gasteiger partial charge in [0.2, 0.25) is 0 Å². The summed E-state index contributed by atoms with van der Waals surface area (Å²) in [4.78, 5) is 13.4. The third-order valence-corrected chi connectivity index (χ3v) is 4.80. The number of hydrogen-bond acceptors (Lipinski definition) is 4. The van der Waals surface area contributed by atoms with Gasteiger partial charge in [-0.25, -0.2) is 9.97 Å². The molecule has 0 saturated heterocycles. The fourth-order valence-corrected chi connectivity index (χ4v) is 3.48. The predicted molar refractivity (Wildman–Crippen MR) is 102 cm³/mol. The topological polar surface area (TPSA) is 32.3 Å². The molecule has 5 heteroatoms. The molecule has 0 N–H and O–H groups in total. The van der Waals surface area contributed by atoms with Gasteiger partial charge in [0.05, 0.1) is 10.7 Å². The van der Waals surface area contributed by atoms with Gasteiger partial charge < -0.3 is 9.80 Å². The van der Waals surface area contributed by atoms with Crippen LogP contribution < -0.4 is 4.90 Å². The first-order chi connectivity index (χ1) is 12.2. The lowest BCUT2D eigenvalue weighted by Gasteiger charge is -2.26. The van der Waals surface area contributed by atoms with E-state index in [2.05, 4.69) is 51.1 Å². The largest absolute Gasteiger partial charge is 0.339 e. The molecular weight excluding hydrogens is 332 g/mol. The first kappa shape index (κ1) is 16.1. The second kappa shape index (κ2) is 6.82. The monoisotopic (exact) mass is 350 g/mol. The maximum atomic E-state index is 6.47. The lowest BCUT2D eigenvalue weighted by Crippen LogP contribution is -2.26. The van der Waals surface area contributed by atoms with Gasteiger partial charge in [-0.3, -0.25) is 0 Å². The number of benzene rings is 2. The number of para-hydroxylation sites is 1. The molecule has 25 heavy (non-hydrogen) atoms. The van der Waals surface area contributed by atoms with Crippen LogP contribution in [-0.4, -0.2) is 35.0 Å². The zero-order chi connectivity index (χ0) is 17.2. The Balaban J connectivity index is 1.81. The summed E-state index contributed by atoms with van der Waals surface area (Å²) in [7, 11) is 2.14. The van der Waals surface area contributed by atoms with Crippen LogP contribution in [0.25, 0.3) is 11.4 Å². The zero-order valence-electron chi connectivity index (χ0n) is 14.1. The van der Waals surface area contributed by atoms with Crippen molar-refractivity contribution in [3.05, 3.63) is 71.5 Å². The van der Waals surface area contributed by atoms with E-state index in [4.69, 9.17) is 11.6 Å². The third kappa shape index (κ3) is 3.23. The SMILES string of the molecule is CN1CCN(c2ccccc2Cl)c2ccc(-c3ncccn3)cc2C1. The highest BCUT2D eigenvalue weighted by atomic mass is 35.5. The van der Waals surface area contributed by atoms with Crippen LogP contribution in [0.2, 0.25) is 5.02 Å². The van der Waals surface area contributed by atoms with Crippen LogP contribution in [0, 0.1) is 0 Å². The Morgan fingerprint density at radius 2 is 1.72 bits per heavy atom. The Morgan fingerprint density at radius 1 is 0.920 bits per heavy atom. The van der Waals surface area contributed by atoms with Crippen molar-refractivity contribution in [3.63, 3.8) is 0 Å². The van der Waals surface area contributed by atoms with Crippen LogP contribution in [-0.2, 0) is 6.54 Å². The average molecular weight is 351 g/mol. The van der Waals surface area contributed by atoms with Crippen molar-refractivity contribution in [3.8, 4) is 11.4 Å². The Labute approximate surface area is 152 Å². The minimum atomic E-state index is 0.751. The zero-order valence-corrected chi connectivity index (χ0v) is 14.8. The van der Waals surface area contributed by atoms with Gasteiger partial charge in [0.1, 0.15) is 0 Å². The summed E-state index contributed by atoms with van der Waals surface area (Å²) in [6.07, 6.45) is 3.55. The lowest BCUT2D eigenvalue weighted by atomic mass is 10.1. The molecule has 4 nitrogen and oxygen atoms in total. The Kier molecular flexibility index (Phi) is 4.38. The first-order valence-electron chi connectivity index (χ1n) is 8.33. The second-order valence-corrected chi connectivity index (χ2v) is 6.66. The molecule has 0 radical (unpaired) electrons. The second-order valence-electron chi connectivity index (χ2n) is 6.26. The molecule has 1 aliphatic heterocycles. The number of likely N-dealkylation sites (N-methyl/N-ethyl adjacent to an activating group) is 1. The van der Waals surface area contributed by atoms with Crippen LogP contribution in [0.3, 0.4) is 0 Å². The quantitative estimate of drug-likeness (QED) is 0.686. The van der Waals surface area contributed by atoms with Crippen LogP contribution in [0.5, 0.6) is 0 Å². The van der Waals surface area contributed by atoms with Gasteiger partial charge in [-0.15, -0.1) is 0 Å². The van der Waals surface area contributed by atoms with E-state index in [1.165, 1.54) is 11.3 Å². The normalized spacial score (nSPS) is 14.9. The van der Waals surface area contributed by atoms with Crippen molar-refractivity contribution in [2.24, 2.45) is 0 Å². The average Bonchev–Trinajstić information content (AvgIpc) is 2.80. The van der Waals surface area contributed by atoms with Crippen molar-refractivity contribution in [2.75, 3.05) is 25.0 Å². The highest BCUT2D eigenvalue weighted by molar-refractivity contribution is 6.33. The van der Waals surface area contributed by atoms with Crippen LogP contribution in [0.15, 0.2) is 60.9 Å². The molecule has 2 aromatic carbocycles. The highest BCUT2D eigenvalue weighted by Crippen LogP contribution is 2.36. The number of halogens is 1. The summed E-state index contributed by atoms with van der Waals surface area (Å²) < 4.78 is 0. The van der Waals surface area contributed by atoms with Crippen molar-refractivity contribution >= 4 is 23.0 Å². The minimum Gasteiger partial charge on any atom is -0.339 e. The van der Waals surface area contributed by atoms with Gasteiger partial charge in [0.25, 0.3) is 0 Å². The standard InChI is InChI=1S/C20H19ClN4/c1-24-11-12-25(19-6-3-2-5-17(19)21)18-8-7-15(13-16(18)14-24)20-22-9-4-10-23-20/h2-10,13H,11-12,14H2,1H3. The number of rotatable bonds is 2. The van der Waals surface area contributed by atoms with Gasteiger partial charge in [0, 0.05) is 43.3 Å². The van der Waals surface area contributed by atoms with Crippen molar-refractivity contribution in [1.82, 2.24) is 14.9 Å². The lowest BCUT2D eigenvalue weighted by molar-refractivity contribution is 0.343. The summed E-state index contributed by atoms with van der Waals surface area (Å²) in [5.74, 6) is 0.751. The molecule has 2 heterocycles. The van der Waals surface area contributed by atoms with E-state index >= 15 is 0 Å². The minimum absolute atomic E-state index is 0.751. The third-order valence-electron chi connectivity index (χ3n) is 4.48. The van der Waals surface area contributed by atoms with E-state index in [-0.39, 0.29) is 0 Å². The summed E-state index contributed by atoms with van der Waals surface area (Å²) in [6, 6.07) is 16.3. The molecule has 1 aromatic heterocycles. The number of anilines is 2. The fourth-order valence-electron chi connectivity index (χ4n) is 3.24. The number of aromatic nitrogens is 2. The van der Waals surface area contributed by atoms with E-state index in [0.29, 0.717) is 0 Å². The Hall–Kier alpha value is -2.43. The van der Waals surface area contributed by atoms with Crippen molar-refractivity contribution in [2.45, 2.75) is 6.54 Å². The summed E-state index contributed by atoms with van der Waals surface area (Å²) in [6.45, 7) is 2.75. The summed E-state index contributed by atoms with van der Waals surface area (Å²) in [5.41, 5.74) is 4.53. The van der Waals surface area contributed by atoms with Gasteiger partial charge >= 0.3 is 0 Å². The van der Waals surface area contributed by atoms with Crippen LogP contribution >= 0.6 is 11.6 Å². The van der Waals surface area contributed by atoms with E-state index in [9.17, 15) is 0 Å². The number of fused-ring (bicyclic) bond motifs is 1. The molecule has 0 amide bonds. The van der Waals surface area contributed by atoms with E-state index < -0.39 is 0 Å². The fraction of sp³-hybridized carbons (Fsp3) is 0.200. The maximum Gasteiger partial charge on any atom is 0.159 e. The summed E-state index contributed by atoms with van der Waals surface area (Å²) >= 11 is 6.47. The molecule has 3 aromatic rings. The van der Waals surface area contributed by atoms with E-state index in [1.54, 1.807) is 12.4 Å². The van der Waals surface area contributed by atoms with Crippen molar-refractivity contribution in [1.29, 1.82) is 0 Å². The van der Waals surface area contributed by atoms with E-state index in [1.807, 2.05) is 24.3 Å². The van der Waals surface area contributed by atoms with Gasteiger partial charge in [-0.2, -0.15) is 0 Å². The molecule has 126 valence electrons. The Bertz CT molecular complexity index is 882. The van der Waals surface area contributed by atoms with Gasteiger partial charge in [0.15, 0.2) is 5.82 Å². The first-order valence-corrected chi connectivity index (χ1v) is 8.71. The number of nitrogens with zero attached hydrogens (tertiary/aromatic N) is 4. The molecule has 0 saturated carbocycles. The summed E-state index contributed by atoms with van der Waals surface area (Å²) in [5, 5.41) is 0.772. The molecule has 0 bridgehead atoms. The van der Waals surface area contributed by atoms with Gasteiger partial charge in [-0.05, 0) is 49.0 Å². The molecular formula is C20H19ClN4. The van der Waals surface area contributed by atoms with Gasteiger partial charge in [-0.1, -0.05) is 23.7 Å². The number of hydrogen-bond donors (Lipinski definition) is 0. The predicted octanol–water partition coefficient (Wildman–Crippen LogP) is 4.38. The molecule has 0 fully saturated rings. The highest BCUT2D eigenvalue weighted by Gasteiger charge is 2.21. The molecule has 0 aliphatic carbocycles. The molecule has 1 aliphatic rings. The maximum absolute atomic E-state index is 6.47. The molecule has 0 unspecified atom stereocenters. The van der Waals surface area contributed by atoms with Crippen molar-refractivity contribution < 1.29 is 0 Å². The van der Waals surface area contributed by atoms with Crippen LogP contribution in [0.4, 0.5) is 11.4 Å². The van der Waals surface area contributed by atoms with Crippen LogP contribution in [0.1, 0.15) is 5.56 Å². The smallest absolute Gasteiger partial charge is 0.159 e.